The highest BCUT2D eigenvalue weighted by molar-refractivity contribution is 5.90. The van der Waals surface area contributed by atoms with Crippen LogP contribution in [0.5, 0.6) is 0 Å². The minimum absolute atomic E-state index is 0.113. The standard InChI is InChI=1S/C26H27N3O3/c1-26(24(31)16-30)10-4-5-11-29(26)15-17-8-9-22-19(12-17)14-23(27-22)20-13-18-6-2-3-7-21(18)28-25(20)32/h2-3,6-9,12-14,27,30H,4-5,10-11,15-16H2,1H3,(H,28,32). The van der Waals surface area contributed by atoms with Crippen LogP contribution in [0.15, 0.2) is 59.4 Å². The van der Waals surface area contributed by atoms with Gasteiger partial charge in [0.05, 0.1) is 16.8 Å². The summed E-state index contributed by atoms with van der Waals surface area (Å²) in [6.07, 6.45) is 2.82. The lowest BCUT2D eigenvalue weighted by Gasteiger charge is -2.43. The Kier molecular flexibility index (Phi) is 5.19. The Morgan fingerprint density at radius 2 is 1.84 bits per heavy atom. The molecule has 2 aromatic carbocycles. The normalized spacial score (nSPS) is 19.6. The van der Waals surface area contributed by atoms with Crippen LogP contribution in [0.2, 0.25) is 0 Å². The zero-order valence-corrected chi connectivity index (χ0v) is 18.1. The number of fused-ring (bicyclic) bond motifs is 2. The number of H-pyrrole nitrogens is 2. The van der Waals surface area contributed by atoms with Crippen LogP contribution in [0.25, 0.3) is 33.1 Å². The molecule has 0 amide bonds. The van der Waals surface area contributed by atoms with Crippen LogP contribution in [0.1, 0.15) is 31.7 Å². The maximum Gasteiger partial charge on any atom is 0.257 e. The van der Waals surface area contributed by atoms with Crippen molar-refractivity contribution in [3.05, 3.63) is 70.5 Å². The number of aliphatic hydroxyl groups excluding tert-OH is 1. The summed E-state index contributed by atoms with van der Waals surface area (Å²) in [5.41, 5.74) is 3.53. The lowest BCUT2D eigenvalue weighted by Crippen LogP contribution is -2.55. The van der Waals surface area contributed by atoms with Crippen molar-refractivity contribution in [1.82, 2.24) is 14.9 Å². The Labute approximate surface area is 185 Å². The molecule has 1 aliphatic heterocycles. The molecular weight excluding hydrogens is 402 g/mol. The van der Waals surface area contributed by atoms with Crippen molar-refractivity contribution < 1.29 is 9.90 Å². The molecule has 0 radical (unpaired) electrons. The maximum absolute atomic E-state index is 12.7. The monoisotopic (exact) mass is 429 g/mol. The van der Waals surface area contributed by atoms with Crippen LogP contribution in [-0.2, 0) is 11.3 Å². The molecule has 4 aromatic rings. The van der Waals surface area contributed by atoms with Gasteiger partial charge in [-0.2, -0.15) is 0 Å². The van der Waals surface area contributed by atoms with Crippen molar-refractivity contribution in [3.8, 4) is 11.3 Å². The number of rotatable bonds is 5. The van der Waals surface area contributed by atoms with Gasteiger partial charge in [0, 0.05) is 23.0 Å². The lowest BCUT2D eigenvalue weighted by molar-refractivity contribution is -0.136. The van der Waals surface area contributed by atoms with Crippen molar-refractivity contribution in [1.29, 1.82) is 0 Å². The summed E-state index contributed by atoms with van der Waals surface area (Å²) >= 11 is 0. The van der Waals surface area contributed by atoms with Crippen molar-refractivity contribution in [2.75, 3.05) is 13.2 Å². The Bertz CT molecular complexity index is 1370. The van der Waals surface area contributed by atoms with Gasteiger partial charge in [0.2, 0.25) is 0 Å². The topological polar surface area (TPSA) is 89.2 Å². The predicted octanol–water partition coefficient (Wildman–Crippen LogP) is 3.98. The van der Waals surface area contributed by atoms with Crippen LogP contribution in [-0.4, -0.2) is 44.4 Å². The van der Waals surface area contributed by atoms with E-state index in [-0.39, 0.29) is 11.3 Å². The number of ketones is 1. The van der Waals surface area contributed by atoms with Gasteiger partial charge >= 0.3 is 0 Å². The second kappa shape index (κ2) is 8.04. The minimum Gasteiger partial charge on any atom is -0.389 e. The molecule has 0 bridgehead atoms. The molecule has 0 spiro atoms. The number of piperidine rings is 1. The van der Waals surface area contributed by atoms with E-state index < -0.39 is 12.1 Å². The molecule has 1 atom stereocenters. The van der Waals surface area contributed by atoms with Gasteiger partial charge < -0.3 is 15.1 Å². The molecule has 0 aliphatic carbocycles. The average Bonchev–Trinajstić information content (AvgIpc) is 3.22. The van der Waals surface area contributed by atoms with E-state index in [2.05, 4.69) is 27.0 Å². The first-order valence-corrected chi connectivity index (χ1v) is 11.1. The SMILES string of the molecule is CC1(C(=O)CO)CCCCN1Cc1ccc2[nH]c(-c3cc4ccccc4[nH]c3=O)cc2c1. The molecule has 0 saturated carbocycles. The summed E-state index contributed by atoms with van der Waals surface area (Å²) in [6.45, 7) is 3.01. The van der Waals surface area contributed by atoms with Crippen molar-refractivity contribution >= 4 is 27.6 Å². The summed E-state index contributed by atoms with van der Waals surface area (Å²) < 4.78 is 0. The number of Topliss-reactive ketones (excluding diaryl/α,β-unsaturated/α-hetero) is 1. The predicted molar refractivity (Wildman–Crippen MR) is 127 cm³/mol. The van der Waals surface area contributed by atoms with E-state index in [4.69, 9.17) is 0 Å². The molecule has 2 aromatic heterocycles. The Hall–Kier alpha value is -3.22. The van der Waals surface area contributed by atoms with Gasteiger partial charge in [-0.25, -0.2) is 0 Å². The molecule has 6 heteroatoms. The van der Waals surface area contributed by atoms with Gasteiger partial charge in [0.25, 0.3) is 5.56 Å². The van der Waals surface area contributed by atoms with Crippen molar-refractivity contribution in [3.63, 3.8) is 0 Å². The highest BCUT2D eigenvalue weighted by Crippen LogP contribution is 2.31. The van der Waals surface area contributed by atoms with Gasteiger partial charge in [-0.3, -0.25) is 14.5 Å². The van der Waals surface area contributed by atoms with Crippen molar-refractivity contribution in [2.45, 2.75) is 38.3 Å². The Morgan fingerprint density at radius 1 is 1.03 bits per heavy atom. The summed E-state index contributed by atoms with van der Waals surface area (Å²) in [4.78, 5) is 33.6. The number of benzene rings is 2. The number of hydrogen-bond acceptors (Lipinski definition) is 4. The molecule has 1 aliphatic rings. The molecule has 32 heavy (non-hydrogen) atoms. The highest BCUT2D eigenvalue weighted by Gasteiger charge is 2.40. The first-order chi connectivity index (χ1) is 15.5. The number of aromatic nitrogens is 2. The van der Waals surface area contributed by atoms with E-state index in [1.807, 2.05) is 49.4 Å². The number of aromatic amines is 2. The van der Waals surface area contributed by atoms with Gasteiger partial charge in [-0.1, -0.05) is 24.3 Å². The molecular formula is C26H27N3O3. The van der Waals surface area contributed by atoms with Crippen LogP contribution in [0.3, 0.4) is 0 Å². The van der Waals surface area contributed by atoms with Crippen molar-refractivity contribution in [2.24, 2.45) is 0 Å². The molecule has 1 fully saturated rings. The van der Waals surface area contributed by atoms with Crippen LogP contribution in [0.4, 0.5) is 0 Å². The van der Waals surface area contributed by atoms with E-state index in [0.29, 0.717) is 12.1 Å². The molecule has 3 N–H and O–H groups in total. The highest BCUT2D eigenvalue weighted by atomic mass is 16.3. The van der Waals surface area contributed by atoms with E-state index in [1.165, 1.54) is 0 Å². The molecule has 6 nitrogen and oxygen atoms in total. The zero-order valence-electron chi connectivity index (χ0n) is 18.1. The number of pyridine rings is 1. The second-order valence-corrected chi connectivity index (χ2v) is 8.94. The molecule has 5 rings (SSSR count). The quantitative estimate of drug-likeness (QED) is 0.448. The van der Waals surface area contributed by atoms with Gasteiger partial charge in [0.15, 0.2) is 5.78 Å². The van der Waals surface area contributed by atoms with Gasteiger partial charge in [-0.05, 0) is 74.0 Å². The van der Waals surface area contributed by atoms with Crippen LogP contribution in [0, 0.1) is 0 Å². The van der Waals surface area contributed by atoms with E-state index in [0.717, 1.165) is 58.9 Å². The molecule has 1 unspecified atom stereocenters. The van der Waals surface area contributed by atoms with Gasteiger partial charge in [-0.15, -0.1) is 0 Å². The third kappa shape index (κ3) is 3.55. The van der Waals surface area contributed by atoms with Gasteiger partial charge in [0.1, 0.15) is 6.61 Å². The fourth-order valence-electron chi connectivity index (χ4n) is 4.91. The number of aliphatic hydroxyl groups is 1. The number of carbonyl (C=O) groups is 1. The maximum atomic E-state index is 12.7. The van der Waals surface area contributed by atoms with Crippen LogP contribution >= 0.6 is 0 Å². The molecule has 164 valence electrons. The van der Waals surface area contributed by atoms with E-state index in [9.17, 15) is 14.7 Å². The Morgan fingerprint density at radius 3 is 2.69 bits per heavy atom. The number of para-hydroxylation sites is 1. The smallest absolute Gasteiger partial charge is 0.257 e. The first-order valence-electron chi connectivity index (χ1n) is 11.1. The zero-order chi connectivity index (χ0) is 22.3. The number of nitrogens with zero attached hydrogens (tertiary/aromatic N) is 1. The Balaban J connectivity index is 1.48. The largest absolute Gasteiger partial charge is 0.389 e. The fraction of sp³-hybridized carbons (Fsp3) is 0.308. The van der Waals surface area contributed by atoms with Crippen LogP contribution < -0.4 is 5.56 Å². The third-order valence-corrected chi connectivity index (χ3v) is 6.89. The summed E-state index contributed by atoms with van der Waals surface area (Å²) in [6, 6.07) is 17.9. The summed E-state index contributed by atoms with van der Waals surface area (Å²) in [5.74, 6) is -0.113. The van der Waals surface area contributed by atoms with E-state index >= 15 is 0 Å². The number of hydrogen-bond donors (Lipinski definition) is 3. The third-order valence-electron chi connectivity index (χ3n) is 6.89. The van der Waals surface area contributed by atoms with E-state index in [1.54, 1.807) is 0 Å². The minimum atomic E-state index is -0.621. The number of likely N-dealkylation sites (tertiary alicyclic amines) is 1. The lowest BCUT2D eigenvalue weighted by atomic mass is 9.84. The fourth-order valence-corrected chi connectivity index (χ4v) is 4.91. The summed E-state index contributed by atoms with van der Waals surface area (Å²) in [5, 5.41) is 11.5. The second-order valence-electron chi connectivity index (χ2n) is 8.94. The number of carbonyl (C=O) groups excluding carboxylic acids is 1. The molecule has 3 heterocycles. The first kappa shape index (κ1) is 20.7. The molecule has 1 saturated heterocycles. The number of nitrogens with one attached hydrogen (secondary N) is 2. The average molecular weight is 430 g/mol. The summed E-state index contributed by atoms with van der Waals surface area (Å²) in [7, 11) is 0.